The highest BCUT2D eigenvalue weighted by molar-refractivity contribution is 5.94. The van der Waals surface area contributed by atoms with Crippen LogP contribution in [0.2, 0.25) is 0 Å². The highest BCUT2D eigenvalue weighted by Crippen LogP contribution is 2.27. The maximum Gasteiger partial charge on any atom is 0.257 e. The molecule has 2 atom stereocenters. The second-order valence-corrected chi connectivity index (χ2v) is 5.46. The number of furan rings is 1. The lowest BCUT2D eigenvalue weighted by atomic mass is 10.1. The van der Waals surface area contributed by atoms with E-state index in [1.54, 1.807) is 24.7 Å². The Morgan fingerprint density at radius 3 is 3.05 bits per heavy atom. The fourth-order valence-corrected chi connectivity index (χ4v) is 3.15. The zero-order chi connectivity index (χ0) is 14.9. The molecule has 0 unspecified atom stereocenters. The number of carbonyl (C=O) groups excluding carboxylic acids is 1. The molecule has 0 bridgehead atoms. The van der Waals surface area contributed by atoms with Gasteiger partial charge in [-0.1, -0.05) is 0 Å². The number of rotatable bonds is 2. The summed E-state index contributed by atoms with van der Waals surface area (Å²) in [7, 11) is 0. The Bertz CT molecular complexity index is 646. The molecule has 114 valence electrons. The van der Waals surface area contributed by atoms with Crippen molar-refractivity contribution in [2.75, 3.05) is 31.1 Å². The van der Waals surface area contributed by atoms with Crippen LogP contribution in [0.15, 0.2) is 41.6 Å². The summed E-state index contributed by atoms with van der Waals surface area (Å²) in [4.78, 5) is 25.0. The normalized spacial score (nSPS) is 24.4. The number of nitrogens with zero attached hydrogens (tertiary/aromatic N) is 4. The van der Waals surface area contributed by atoms with E-state index in [2.05, 4.69) is 14.9 Å². The fourth-order valence-electron chi connectivity index (χ4n) is 3.15. The van der Waals surface area contributed by atoms with Gasteiger partial charge in [0, 0.05) is 32.0 Å². The monoisotopic (exact) mass is 300 g/mol. The minimum atomic E-state index is -0.0224. The SMILES string of the molecule is O=C(c1ccoc1)N1C[C@@H]2OCCN(c3cnccn3)[C@@H]2C1. The van der Waals surface area contributed by atoms with Crippen molar-refractivity contribution in [3.8, 4) is 0 Å². The smallest absolute Gasteiger partial charge is 0.257 e. The van der Waals surface area contributed by atoms with Crippen molar-refractivity contribution in [1.82, 2.24) is 14.9 Å². The topological polar surface area (TPSA) is 71.7 Å². The van der Waals surface area contributed by atoms with Crippen LogP contribution in [0.3, 0.4) is 0 Å². The molecule has 2 saturated heterocycles. The number of hydrogen-bond donors (Lipinski definition) is 0. The van der Waals surface area contributed by atoms with Crippen LogP contribution >= 0.6 is 0 Å². The van der Waals surface area contributed by atoms with E-state index in [0.717, 1.165) is 12.4 Å². The van der Waals surface area contributed by atoms with Gasteiger partial charge in [0.25, 0.3) is 5.91 Å². The highest BCUT2D eigenvalue weighted by Gasteiger charge is 2.42. The third kappa shape index (κ3) is 2.23. The van der Waals surface area contributed by atoms with Gasteiger partial charge in [0.15, 0.2) is 0 Å². The van der Waals surface area contributed by atoms with Gasteiger partial charge in [0.2, 0.25) is 0 Å². The Kier molecular flexibility index (Phi) is 3.27. The molecular weight excluding hydrogens is 284 g/mol. The predicted molar refractivity (Wildman–Crippen MR) is 77.5 cm³/mol. The lowest BCUT2D eigenvalue weighted by molar-refractivity contribution is 0.0299. The molecule has 4 heterocycles. The summed E-state index contributed by atoms with van der Waals surface area (Å²) in [6.07, 6.45) is 8.09. The van der Waals surface area contributed by atoms with Gasteiger partial charge in [-0.05, 0) is 6.07 Å². The van der Waals surface area contributed by atoms with Crippen LogP contribution in [0.1, 0.15) is 10.4 Å². The Morgan fingerprint density at radius 2 is 2.27 bits per heavy atom. The quantitative estimate of drug-likeness (QED) is 0.817. The lowest BCUT2D eigenvalue weighted by Gasteiger charge is -2.37. The van der Waals surface area contributed by atoms with Gasteiger partial charge in [-0.25, -0.2) is 4.98 Å². The Morgan fingerprint density at radius 1 is 1.32 bits per heavy atom. The second-order valence-electron chi connectivity index (χ2n) is 5.46. The first-order valence-corrected chi connectivity index (χ1v) is 7.28. The van der Waals surface area contributed by atoms with Gasteiger partial charge in [-0.2, -0.15) is 0 Å². The van der Waals surface area contributed by atoms with Crippen LogP contribution in [0, 0.1) is 0 Å². The first kappa shape index (κ1) is 13.3. The number of amides is 1. The van der Waals surface area contributed by atoms with Crippen molar-refractivity contribution < 1.29 is 13.9 Å². The third-order valence-electron chi connectivity index (χ3n) is 4.20. The number of ether oxygens (including phenoxy) is 1. The van der Waals surface area contributed by atoms with Gasteiger partial charge >= 0.3 is 0 Å². The molecule has 7 heteroatoms. The molecular formula is C15H16N4O3. The molecule has 4 rings (SSSR count). The summed E-state index contributed by atoms with van der Waals surface area (Å²) in [5.41, 5.74) is 0.574. The van der Waals surface area contributed by atoms with E-state index in [1.165, 1.54) is 12.5 Å². The van der Waals surface area contributed by atoms with Crippen LogP contribution in [0.5, 0.6) is 0 Å². The lowest BCUT2D eigenvalue weighted by Crippen LogP contribution is -2.51. The first-order chi connectivity index (χ1) is 10.8. The number of morpholine rings is 1. The summed E-state index contributed by atoms with van der Waals surface area (Å²) in [5, 5.41) is 0. The van der Waals surface area contributed by atoms with E-state index in [0.29, 0.717) is 25.3 Å². The number of fused-ring (bicyclic) bond motifs is 1. The van der Waals surface area contributed by atoms with Gasteiger partial charge in [-0.15, -0.1) is 0 Å². The van der Waals surface area contributed by atoms with Crippen molar-refractivity contribution in [1.29, 1.82) is 0 Å². The standard InChI is InChI=1S/C15H16N4O3/c20-15(11-1-5-21-10-11)18-8-12-13(9-18)22-6-4-19(12)14-7-16-2-3-17-14/h1-3,5,7,10,12-13H,4,6,8-9H2/t12-,13+/m1/s1. The molecule has 2 aromatic rings. The molecule has 22 heavy (non-hydrogen) atoms. The molecule has 0 aliphatic carbocycles. The maximum absolute atomic E-state index is 12.5. The molecule has 7 nitrogen and oxygen atoms in total. The summed E-state index contributed by atoms with van der Waals surface area (Å²) in [5.74, 6) is 0.809. The van der Waals surface area contributed by atoms with Gasteiger partial charge in [0.05, 0.1) is 36.8 Å². The largest absolute Gasteiger partial charge is 0.472 e. The molecule has 2 aromatic heterocycles. The van der Waals surface area contributed by atoms with E-state index >= 15 is 0 Å². The van der Waals surface area contributed by atoms with E-state index in [9.17, 15) is 4.79 Å². The predicted octanol–water partition coefficient (Wildman–Crippen LogP) is 0.799. The molecule has 1 amide bonds. The maximum atomic E-state index is 12.5. The average Bonchev–Trinajstić information content (AvgIpc) is 3.24. The Balaban J connectivity index is 1.55. The minimum absolute atomic E-state index is 0.00612. The molecule has 0 spiro atoms. The highest BCUT2D eigenvalue weighted by atomic mass is 16.5. The van der Waals surface area contributed by atoms with E-state index in [4.69, 9.17) is 9.15 Å². The van der Waals surface area contributed by atoms with Gasteiger partial charge in [-0.3, -0.25) is 9.78 Å². The van der Waals surface area contributed by atoms with Crippen LogP contribution in [0.4, 0.5) is 5.82 Å². The second kappa shape index (κ2) is 5.42. The summed E-state index contributed by atoms with van der Waals surface area (Å²) in [6, 6.07) is 1.80. The van der Waals surface area contributed by atoms with Gasteiger partial charge in [0.1, 0.15) is 12.1 Å². The number of anilines is 1. The fraction of sp³-hybridized carbons (Fsp3) is 0.400. The zero-order valence-corrected chi connectivity index (χ0v) is 12.0. The van der Waals surface area contributed by atoms with Crippen molar-refractivity contribution in [2.45, 2.75) is 12.1 Å². The Hall–Kier alpha value is -2.41. The van der Waals surface area contributed by atoms with E-state index in [-0.39, 0.29) is 18.1 Å². The number of likely N-dealkylation sites (tertiary alicyclic amines) is 1. The van der Waals surface area contributed by atoms with E-state index < -0.39 is 0 Å². The van der Waals surface area contributed by atoms with E-state index in [1.807, 2.05) is 4.90 Å². The molecule has 0 radical (unpaired) electrons. The number of carbonyl (C=O) groups is 1. The summed E-state index contributed by atoms with van der Waals surface area (Å²) >= 11 is 0. The molecule has 0 aromatic carbocycles. The number of hydrogen-bond acceptors (Lipinski definition) is 6. The third-order valence-corrected chi connectivity index (χ3v) is 4.20. The Labute approximate surface area is 127 Å². The summed E-state index contributed by atoms with van der Waals surface area (Å²) in [6.45, 7) is 2.59. The average molecular weight is 300 g/mol. The van der Waals surface area contributed by atoms with Gasteiger partial charge < -0.3 is 19.0 Å². The van der Waals surface area contributed by atoms with Crippen molar-refractivity contribution in [3.63, 3.8) is 0 Å². The van der Waals surface area contributed by atoms with Crippen LogP contribution < -0.4 is 4.90 Å². The molecule has 0 saturated carbocycles. The van der Waals surface area contributed by atoms with Crippen LogP contribution in [-0.2, 0) is 4.74 Å². The van der Waals surface area contributed by atoms with Crippen LogP contribution in [0.25, 0.3) is 0 Å². The van der Waals surface area contributed by atoms with Crippen LogP contribution in [-0.4, -0.2) is 59.2 Å². The number of aromatic nitrogens is 2. The molecule has 2 fully saturated rings. The van der Waals surface area contributed by atoms with Crippen molar-refractivity contribution >= 4 is 11.7 Å². The molecule has 2 aliphatic heterocycles. The zero-order valence-electron chi connectivity index (χ0n) is 12.0. The summed E-state index contributed by atoms with van der Waals surface area (Å²) < 4.78 is 10.8. The van der Waals surface area contributed by atoms with Crippen molar-refractivity contribution in [2.24, 2.45) is 0 Å². The molecule has 2 aliphatic rings. The first-order valence-electron chi connectivity index (χ1n) is 7.28. The van der Waals surface area contributed by atoms with Crippen molar-refractivity contribution in [3.05, 3.63) is 42.7 Å². The minimum Gasteiger partial charge on any atom is -0.472 e. The molecule has 0 N–H and O–H groups in total.